The molecule has 5 nitrogen and oxygen atoms in total. The first-order valence-electron chi connectivity index (χ1n) is 3.38. The zero-order valence-electron chi connectivity index (χ0n) is 7.04. The Balaban J connectivity index is 0.000000424. The van der Waals surface area contributed by atoms with Crippen LogP contribution in [0.15, 0.2) is 30.3 Å². The van der Waals surface area contributed by atoms with E-state index >= 15 is 0 Å². The summed E-state index contributed by atoms with van der Waals surface area (Å²) in [5, 5.41) is 0. The number of carbonyl (C=O) groups excluding carboxylic acids is 1. The average molecular weight is 178 g/mol. The molecular formula is C8H8N3O2-. The van der Waals surface area contributed by atoms with Gasteiger partial charge in [-0.05, 0) is 12.1 Å². The first-order chi connectivity index (χ1) is 6.26. The molecule has 1 aromatic carbocycles. The van der Waals surface area contributed by atoms with Gasteiger partial charge in [0.05, 0.1) is 12.7 Å². The average Bonchev–Trinajstić information content (AvgIpc) is 2.19. The van der Waals surface area contributed by atoms with Crippen molar-refractivity contribution in [3.63, 3.8) is 0 Å². The van der Waals surface area contributed by atoms with Crippen LogP contribution in [0.1, 0.15) is 10.4 Å². The lowest BCUT2D eigenvalue weighted by Crippen LogP contribution is -1.99. The molecule has 0 N–H and O–H groups in total. The maximum absolute atomic E-state index is 10.8. The second kappa shape index (κ2) is 6.69. The fourth-order valence-electron chi connectivity index (χ4n) is 0.692. The van der Waals surface area contributed by atoms with Crippen LogP contribution in [0.2, 0.25) is 0 Å². The molecule has 0 saturated heterocycles. The zero-order chi connectivity index (χ0) is 10.1. The SMILES string of the molecule is COC(=O)c1ccccc1.[N-]=[N+]=[N-]. The highest BCUT2D eigenvalue weighted by molar-refractivity contribution is 5.89. The lowest BCUT2D eigenvalue weighted by molar-refractivity contribution is 0.0601. The first-order valence-corrected chi connectivity index (χ1v) is 3.38. The van der Waals surface area contributed by atoms with Gasteiger partial charge in [0.1, 0.15) is 0 Å². The highest BCUT2D eigenvalue weighted by Gasteiger charge is 2.00. The van der Waals surface area contributed by atoms with Crippen LogP contribution in [0.4, 0.5) is 0 Å². The van der Waals surface area contributed by atoms with Gasteiger partial charge in [-0.1, -0.05) is 18.2 Å². The molecule has 0 unspecified atom stereocenters. The Morgan fingerprint density at radius 1 is 1.31 bits per heavy atom. The van der Waals surface area contributed by atoms with Gasteiger partial charge >= 0.3 is 5.97 Å². The number of ether oxygens (including phenoxy) is 1. The van der Waals surface area contributed by atoms with E-state index in [1.165, 1.54) is 12.0 Å². The van der Waals surface area contributed by atoms with Crippen LogP contribution >= 0.6 is 0 Å². The third-order valence-electron chi connectivity index (χ3n) is 1.19. The molecule has 0 spiro atoms. The van der Waals surface area contributed by atoms with Gasteiger partial charge in [0, 0.05) is 0 Å². The minimum atomic E-state index is -0.291. The maximum atomic E-state index is 10.8. The zero-order valence-corrected chi connectivity index (χ0v) is 7.04. The molecule has 5 heteroatoms. The highest BCUT2D eigenvalue weighted by atomic mass is 16.5. The molecule has 0 heterocycles. The van der Waals surface area contributed by atoms with Crippen molar-refractivity contribution in [2.75, 3.05) is 7.11 Å². The molecule has 13 heavy (non-hydrogen) atoms. The number of esters is 1. The van der Waals surface area contributed by atoms with Crippen LogP contribution < -0.4 is 0 Å². The van der Waals surface area contributed by atoms with E-state index in [1.54, 1.807) is 24.3 Å². The Hall–Kier alpha value is -2.00. The molecular weight excluding hydrogens is 170 g/mol. The second-order valence-electron chi connectivity index (χ2n) is 1.95. The smallest absolute Gasteiger partial charge is 0.337 e. The molecule has 0 atom stereocenters. The summed E-state index contributed by atoms with van der Waals surface area (Å²) in [6.45, 7) is 0. The Morgan fingerprint density at radius 2 is 1.77 bits per heavy atom. The van der Waals surface area contributed by atoms with Gasteiger partial charge in [-0.15, -0.1) is 0 Å². The summed E-state index contributed by atoms with van der Waals surface area (Å²) in [7, 11) is 1.37. The number of carbonyl (C=O) groups is 1. The van der Waals surface area contributed by atoms with Crippen molar-refractivity contribution in [2.45, 2.75) is 0 Å². The van der Waals surface area contributed by atoms with Crippen molar-refractivity contribution in [2.24, 2.45) is 0 Å². The molecule has 0 aromatic heterocycles. The van der Waals surface area contributed by atoms with Crippen LogP contribution in [0.3, 0.4) is 0 Å². The van der Waals surface area contributed by atoms with Crippen molar-refractivity contribution in [1.82, 2.24) is 0 Å². The van der Waals surface area contributed by atoms with E-state index in [0.717, 1.165) is 0 Å². The maximum Gasteiger partial charge on any atom is 0.337 e. The number of benzene rings is 1. The Labute approximate surface area is 75.4 Å². The van der Waals surface area contributed by atoms with Crippen LogP contribution in [0.5, 0.6) is 0 Å². The summed E-state index contributed by atoms with van der Waals surface area (Å²) >= 11 is 0. The van der Waals surface area contributed by atoms with Gasteiger partial charge in [0.25, 0.3) is 0 Å². The molecule has 0 aliphatic rings. The summed E-state index contributed by atoms with van der Waals surface area (Å²) < 4.78 is 4.50. The first kappa shape index (κ1) is 11.0. The molecule has 0 aliphatic carbocycles. The Kier molecular flexibility index (Phi) is 5.66. The monoisotopic (exact) mass is 178 g/mol. The van der Waals surface area contributed by atoms with Gasteiger partial charge in [-0.25, -0.2) is 4.79 Å². The van der Waals surface area contributed by atoms with Crippen molar-refractivity contribution < 1.29 is 9.53 Å². The number of methoxy groups -OCH3 is 1. The van der Waals surface area contributed by atoms with Crippen molar-refractivity contribution >= 4 is 5.97 Å². The quantitative estimate of drug-likeness (QED) is 0.286. The Bertz CT molecular complexity index is 292. The van der Waals surface area contributed by atoms with E-state index in [1.807, 2.05) is 6.07 Å². The lowest BCUT2D eigenvalue weighted by atomic mass is 10.2. The molecule has 1 aromatic rings. The van der Waals surface area contributed by atoms with Crippen molar-refractivity contribution in [3.8, 4) is 0 Å². The van der Waals surface area contributed by atoms with Crippen LogP contribution in [-0.2, 0) is 4.74 Å². The van der Waals surface area contributed by atoms with E-state index in [9.17, 15) is 4.79 Å². The van der Waals surface area contributed by atoms with Gasteiger partial charge in [0.15, 0.2) is 0 Å². The largest absolute Gasteiger partial charge is 0.465 e. The minimum Gasteiger partial charge on any atom is -0.465 e. The molecule has 1 rings (SSSR count). The standard InChI is InChI=1S/C8H8O2.N3/c1-10-8(9)7-5-3-2-4-6-7;1-3-2/h2-6H,1H3;/q;-1. The summed E-state index contributed by atoms with van der Waals surface area (Å²) in [4.78, 5) is 12.3. The lowest BCUT2D eigenvalue weighted by Gasteiger charge is -1.95. The molecule has 0 fully saturated rings. The van der Waals surface area contributed by atoms with Gasteiger partial charge in [-0.3, -0.25) is 4.91 Å². The predicted octanol–water partition coefficient (Wildman–Crippen LogP) is 2.34. The minimum absolute atomic E-state index is 0.291. The van der Waals surface area contributed by atoms with Crippen LogP contribution in [0.25, 0.3) is 16.0 Å². The molecule has 68 valence electrons. The molecule has 0 aliphatic heterocycles. The third kappa shape index (κ3) is 4.44. The van der Waals surface area contributed by atoms with Crippen LogP contribution in [0, 0.1) is 0 Å². The number of hydrogen-bond donors (Lipinski definition) is 0. The Morgan fingerprint density at radius 3 is 2.15 bits per heavy atom. The fourth-order valence-corrected chi connectivity index (χ4v) is 0.692. The second-order valence-corrected chi connectivity index (χ2v) is 1.95. The van der Waals surface area contributed by atoms with Crippen molar-refractivity contribution in [3.05, 3.63) is 51.9 Å². The van der Waals surface area contributed by atoms with E-state index in [2.05, 4.69) is 4.74 Å². The molecule has 0 radical (unpaired) electrons. The summed E-state index contributed by atoms with van der Waals surface area (Å²) in [6.07, 6.45) is 0. The van der Waals surface area contributed by atoms with E-state index in [-0.39, 0.29) is 5.97 Å². The van der Waals surface area contributed by atoms with E-state index in [0.29, 0.717) is 5.56 Å². The summed E-state index contributed by atoms with van der Waals surface area (Å²) in [5.74, 6) is -0.291. The fraction of sp³-hybridized carbons (Fsp3) is 0.125. The summed E-state index contributed by atoms with van der Waals surface area (Å²) in [6, 6.07) is 8.88. The molecule has 0 amide bonds. The molecule has 0 bridgehead atoms. The van der Waals surface area contributed by atoms with E-state index < -0.39 is 0 Å². The number of nitrogens with zero attached hydrogens (tertiary/aromatic N) is 3. The van der Waals surface area contributed by atoms with Crippen molar-refractivity contribution in [1.29, 1.82) is 0 Å². The number of hydrogen-bond acceptors (Lipinski definition) is 2. The third-order valence-corrected chi connectivity index (χ3v) is 1.19. The topological polar surface area (TPSA) is 85.0 Å². The number of rotatable bonds is 1. The van der Waals surface area contributed by atoms with E-state index in [4.69, 9.17) is 11.1 Å². The van der Waals surface area contributed by atoms with Gasteiger partial charge in [0.2, 0.25) is 0 Å². The highest BCUT2D eigenvalue weighted by Crippen LogP contribution is 1.98. The predicted molar refractivity (Wildman–Crippen MR) is 47.9 cm³/mol. The van der Waals surface area contributed by atoms with Gasteiger partial charge in [-0.2, -0.15) is 0 Å². The molecule has 0 saturated carbocycles. The van der Waals surface area contributed by atoms with Crippen LogP contribution in [-0.4, -0.2) is 13.1 Å². The van der Waals surface area contributed by atoms with Gasteiger partial charge < -0.3 is 15.8 Å². The normalized spacial score (nSPS) is 7.46. The summed E-state index contributed by atoms with van der Waals surface area (Å²) in [5.41, 5.74) is 14.1.